The fourth-order valence-corrected chi connectivity index (χ4v) is 6.25. The number of urea groups is 1. The van der Waals surface area contributed by atoms with Crippen molar-refractivity contribution in [2.24, 2.45) is 11.3 Å². The maximum Gasteiger partial charge on any atom is 0.320 e. The van der Waals surface area contributed by atoms with E-state index in [9.17, 15) is 9.59 Å². The van der Waals surface area contributed by atoms with Crippen LogP contribution in [0.4, 0.5) is 10.5 Å². The second kappa shape index (κ2) is 7.80. The summed E-state index contributed by atoms with van der Waals surface area (Å²) in [6, 6.07) is 6.02. The number of likely N-dealkylation sites (tertiary alicyclic amines) is 2. The molecule has 32 heavy (non-hydrogen) atoms. The maximum absolute atomic E-state index is 12.9. The molecule has 1 spiro atoms. The number of benzene rings is 1. The number of carbonyl (C=O) groups excluding carboxylic acids is 2. The topological polar surface area (TPSA) is 62.3 Å². The van der Waals surface area contributed by atoms with Crippen molar-refractivity contribution >= 4 is 29.1 Å². The third-order valence-electron chi connectivity index (χ3n) is 8.05. The Bertz CT molecular complexity index is 922. The Kier molecular flexibility index (Phi) is 5.02. The van der Waals surface area contributed by atoms with Crippen molar-refractivity contribution < 1.29 is 19.1 Å². The van der Waals surface area contributed by atoms with Crippen molar-refractivity contribution in [2.45, 2.75) is 44.3 Å². The molecule has 0 bridgehead atoms. The van der Waals surface area contributed by atoms with Crippen LogP contribution in [0.3, 0.4) is 0 Å². The molecule has 0 unspecified atom stereocenters. The molecule has 2 atom stereocenters. The van der Waals surface area contributed by atoms with Gasteiger partial charge in [-0.1, -0.05) is 24.1 Å². The minimum absolute atomic E-state index is 0.0348. The molecule has 1 aromatic rings. The lowest BCUT2D eigenvalue weighted by molar-refractivity contribution is -0.140. The van der Waals surface area contributed by atoms with E-state index in [-0.39, 0.29) is 36.5 Å². The number of Topliss-reactive ketones (excluding diaryl/α,β-unsaturated/α-hetero) is 1. The summed E-state index contributed by atoms with van der Waals surface area (Å²) in [5.74, 6) is 0.970. The van der Waals surface area contributed by atoms with Crippen molar-refractivity contribution in [1.82, 2.24) is 9.80 Å². The number of anilines is 1. The first kappa shape index (κ1) is 20.6. The van der Waals surface area contributed by atoms with E-state index in [4.69, 9.17) is 21.1 Å². The average molecular weight is 460 g/mol. The third kappa shape index (κ3) is 3.54. The van der Waals surface area contributed by atoms with Gasteiger partial charge in [-0.05, 0) is 31.4 Å². The summed E-state index contributed by atoms with van der Waals surface area (Å²) in [7, 11) is 0. The van der Waals surface area contributed by atoms with Gasteiger partial charge in [0.2, 0.25) is 0 Å². The van der Waals surface area contributed by atoms with Crippen molar-refractivity contribution in [3.05, 3.63) is 23.2 Å². The minimum Gasteiger partial charge on any atom is -0.485 e. The Morgan fingerprint density at radius 1 is 1.16 bits per heavy atom. The number of fused-ring (bicyclic) bond motifs is 1. The molecule has 1 saturated carbocycles. The average Bonchev–Trinajstić information content (AvgIpc) is 2.69. The summed E-state index contributed by atoms with van der Waals surface area (Å²) in [6.45, 7) is 4.82. The number of halogens is 1. The molecule has 6 rings (SSSR count). The molecule has 0 radical (unpaired) electrons. The summed E-state index contributed by atoms with van der Waals surface area (Å²) in [4.78, 5) is 30.7. The van der Waals surface area contributed by atoms with E-state index in [1.54, 1.807) is 0 Å². The fourth-order valence-electron chi connectivity index (χ4n) is 5.96. The van der Waals surface area contributed by atoms with Gasteiger partial charge < -0.3 is 24.2 Å². The highest BCUT2D eigenvalue weighted by atomic mass is 35.5. The SMILES string of the molecule is O=C1CO[C@H]2CCN(C(=O)N3CC(Oc4cccc(N5CC6(CCC6)C5)c4Cl)C3)C[C@H]2C1. The van der Waals surface area contributed by atoms with E-state index in [0.717, 1.165) is 25.2 Å². The van der Waals surface area contributed by atoms with E-state index < -0.39 is 0 Å². The molecule has 5 fully saturated rings. The van der Waals surface area contributed by atoms with E-state index in [2.05, 4.69) is 11.0 Å². The minimum atomic E-state index is -0.0433. The number of ketones is 1. The third-order valence-corrected chi connectivity index (χ3v) is 8.43. The summed E-state index contributed by atoms with van der Waals surface area (Å²) in [5.41, 5.74) is 1.60. The summed E-state index contributed by atoms with van der Waals surface area (Å²) in [5, 5.41) is 0.676. The van der Waals surface area contributed by atoms with E-state index >= 15 is 0 Å². The van der Waals surface area contributed by atoms with Crippen molar-refractivity contribution in [1.29, 1.82) is 0 Å². The lowest BCUT2D eigenvalue weighted by Crippen LogP contribution is -2.62. The Balaban J connectivity index is 1.02. The lowest BCUT2D eigenvalue weighted by atomic mass is 9.63. The van der Waals surface area contributed by atoms with Crippen molar-refractivity contribution in [2.75, 3.05) is 50.8 Å². The summed E-state index contributed by atoms with van der Waals surface area (Å²) >= 11 is 6.70. The highest BCUT2D eigenvalue weighted by Crippen LogP contribution is 2.51. The maximum atomic E-state index is 12.9. The van der Waals surface area contributed by atoms with Gasteiger partial charge in [0, 0.05) is 43.9 Å². The smallest absolute Gasteiger partial charge is 0.320 e. The van der Waals surface area contributed by atoms with E-state index in [1.165, 1.54) is 19.3 Å². The standard InChI is InChI=1S/C24H30ClN3O4/c25-22-19(28-14-24(15-28)6-2-7-24)3-1-4-21(22)32-18-11-27(12-18)23(30)26-8-5-20-16(10-26)9-17(29)13-31-20/h1,3-4,16,18,20H,2,5-15H2/t16-,20+/m1/s1. The quantitative estimate of drug-likeness (QED) is 0.694. The van der Waals surface area contributed by atoms with Gasteiger partial charge in [0.1, 0.15) is 23.5 Å². The van der Waals surface area contributed by atoms with Gasteiger partial charge in [-0.2, -0.15) is 0 Å². The zero-order chi connectivity index (χ0) is 21.9. The van der Waals surface area contributed by atoms with Crippen LogP contribution >= 0.6 is 11.6 Å². The second-order valence-electron chi connectivity index (χ2n) is 10.3. The number of nitrogens with zero attached hydrogens (tertiary/aromatic N) is 3. The van der Waals surface area contributed by atoms with Crippen LogP contribution in [0.5, 0.6) is 5.75 Å². The molecule has 1 aliphatic carbocycles. The number of hydrogen-bond acceptors (Lipinski definition) is 5. The van der Waals surface area contributed by atoms with Crippen LogP contribution in [0, 0.1) is 11.3 Å². The van der Waals surface area contributed by atoms with Gasteiger partial charge in [0.05, 0.1) is 24.9 Å². The van der Waals surface area contributed by atoms with E-state index in [0.29, 0.717) is 48.8 Å². The first-order chi connectivity index (χ1) is 15.5. The molecule has 7 nitrogen and oxygen atoms in total. The Morgan fingerprint density at radius 3 is 2.72 bits per heavy atom. The zero-order valence-electron chi connectivity index (χ0n) is 18.3. The molecule has 5 aliphatic rings. The van der Waals surface area contributed by atoms with Crippen molar-refractivity contribution in [3.63, 3.8) is 0 Å². The van der Waals surface area contributed by atoms with Gasteiger partial charge in [-0.15, -0.1) is 0 Å². The van der Waals surface area contributed by atoms with Gasteiger partial charge >= 0.3 is 6.03 Å². The van der Waals surface area contributed by atoms with E-state index in [1.807, 2.05) is 21.9 Å². The number of carbonyl (C=O) groups is 2. The number of rotatable bonds is 3. The van der Waals surface area contributed by atoms with Gasteiger partial charge in [0.25, 0.3) is 0 Å². The Hall–Kier alpha value is -1.99. The molecule has 4 aliphatic heterocycles. The molecule has 1 aromatic carbocycles. The Labute approximate surface area is 193 Å². The van der Waals surface area contributed by atoms with Gasteiger partial charge in [-0.25, -0.2) is 4.79 Å². The summed E-state index contributed by atoms with van der Waals surface area (Å²) < 4.78 is 11.8. The number of ether oxygens (including phenoxy) is 2. The first-order valence-corrected chi connectivity index (χ1v) is 12.2. The molecular formula is C24H30ClN3O4. The molecule has 4 heterocycles. The highest BCUT2D eigenvalue weighted by Gasteiger charge is 2.48. The van der Waals surface area contributed by atoms with Crippen LogP contribution in [0.15, 0.2) is 18.2 Å². The van der Waals surface area contributed by atoms with Crippen molar-refractivity contribution in [3.8, 4) is 5.75 Å². The predicted octanol–water partition coefficient (Wildman–Crippen LogP) is 3.19. The van der Waals surface area contributed by atoms with Crippen LogP contribution < -0.4 is 9.64 Å². The molecule has 2 amide bonds. The monoisotopic (exact) mass is 459 g/mol. The molecule has 172 valence electrons. The molecule has 8 heteroatoms. The highest BCUT2D eigenvalue weighted by molar-refractivity contribution is 6.34. The number of hydrogen-bond donors (Lipinski definition) is 0. The summed E-state index contributed by atoms with van der Waals surface area (Å²) in [6.07, 6.45) is 5.43. The largest absolute Gasteiger partial charge is 0.485 e. The normalized spacial score (nSPS) is 29.2. The van der Waals surface area contributed by atoms with Gasteiger partial charge in [-0.3, -0.25) is 4.79 Å². The van der Waals surface area contributed by atoms with Gasteiger partial charge in [0.15, 0.2) is 5.78 Å². The number of piperidine rings is 1. The van der Waals surface area contributed by atoms with Crippen LogP contribution in [0.1, 0.15) is 32.1 Å². The van der Waals surface area contributed by atoms with Crippen LogP contribution in [-0.4, -0.2) is 79.7 Å². The molecular weight excluding hydrogens is 430 g/mol. The lowest BCUT2D eigenvalue weighted by Gasteiger charge is -2.57. The zero-order valence-corrected chi connectivity index (χ0v) is 19.1. The molecule has 0 N–H and O–H groups in total. The fraction of sp³-hybridized carbons (Fsp3) is 0.667. The second-order valence-corrected chi connectivity index (χ2v) is 10.7. The Morgan fingerprint density at radius 2 is 1.97 bits per heavy atom. The number of amides is 2. The first-order valence-electron chi connectivity index (χ1n) is 11.9. The van der Waals surface area contributed by atoms with Crippen LogP contribution in [0.2, 0.25) is 5.02 Å². The van der Waals surface area contributed by atoms with Crippen LogP contribution in [0.25, 0.3) is 0 Å². The molecule has 4 saturated heterocycles. The predicted molar refractivity (Wildman–Crippen MR) is 120 cm³/mol. The van der Waals surface area contributed by atoms with Crippen LogP contribution in [-0.2, 0) is 9.53 Å². The molecule has 0 aromatic heterocycles.